The zero-order valence-electron chi connectivity index (χ0n) is 12.5. The lowest BCUT2D eigenvalue weighted by molar-refractivity contribution is 0.0990. The monoisotopic (exact) mass is 366 g/mol. The molecule has 0 spiro atoms. The summed E-state index contributed by atoms with van der Waals surface area (Å²) in [6.07, 6.45) is 0.371. The summed E-state index contributed by atoms with van der Waals surface area (Å²) < 4.78 is 2.83. The molecule has 0 unspecified atom stereocenters. The van der Waals surface area contributed by atoms with Gasteiger partial charge in [-0.25, -0.2) is 0 Å². The number of hydrogen-bond acceptors (Lipinski definition) is 3. The molecule has 21 heavy (non-hydrogen) atoms. The van der Waals surface area contributed by atoms with Crippen molar-refractivity contribution in [3.05, 3.63) is 45.7 Å². The van der Waals surface area contributed by atoms with Gasteiger partial charge in [-0.05, 0) is 47.7 Å². The number of nitrogens with zero attached hydrogens (tertiary/aromatic N) is 2. The minimum atomic E-state index is 0.123. The minimum absolute atomic E-state index is 0.123. The fourth-order valence-corrected chi connectivity index (χ4v) is 3.28. The molecule has 0 saturated carbocycles. The molecular weight excluding hydrogens is 348 g/mol. The van der Waals surface area contributed by atoms with Crippen molar-refractivity contribution in [2.24, 2.45) is 0 Å². The Bertz CT molecular complexity index is 634. The number of Topliss-reactive ketones (excluding diaryl/α,β-unsaturated/α-hetero) is 1. The Morgan fingerprint density at radius 3 is 2.52 bits per heavy atom. The second-order valence-electron chi connectivity index (χ2n) is 4.72. The molecule has 0 fully saturated rings. The van der Waals surface area contributed by atoms with Crippen LogP contribution in [-0.2, 0) is 13.0 Å². The molecule has 2 rings (SSSR count). The first-order valence-electron chi connectivity index (χ1n) is 7.04. The fraction of sp³-hybridized carbons (Fsp3) is 0.375. The molecule has 0 N–H and O–H groups in total. The highest BCUT2D eigenvalue weighted by Gasteiger charge is 2.16. The lowest BCUT2D eigenvalue weighted by Crippen LogP contribution is -2.10. The highest BCUT2D eigenvalue weighted by Crippen LogP contribution is 2.23. The Kier molecular flexibility index (Phi) is 5.65. The Hall–Kier alpha value is -1.07. The van der Waals surface area contributed by atoms with E-state index in [0.717, 1.165) is 33.7 Å². The number of aryl methyl sites for hydroxylation is 2. The molecular formula is C16H19BrN2OS. The van der Waals surface area contributed by atoms with E-state index in [9.17, 15) is 4.79 Å². The normalized spacial score (nSPS) is 10.9. The van der Waals surface area contributed by atoms with Crippen LogP contribution >= 0.6 is 27.7 Å². The van der Waals surface area contributed by atoms with Crippen LogP contribution in [0.2, 0.25) is 0 Å². The molecule has 0 amide bonds. The zero-order valence-corrected chi connectivity index (χ0v) is 14.9. The Labute approximate surface area is 138 Å². The van der Waals surface area contributed by atoms with E-state index in [0.29, 0.717) is 6.42 Å². The van der Waals surface area contributed by atoms with Gasteiger partial charge in [0, 0.05) is 17.0 Å². The summed E-state index contributed by atoms with van der Waals surface area (Å²) in [6.45, 7) is 6.86. The maximum Gasteiger partial charge on any atom is 0.168 e. The van der Waals surface area contributed by atoms with Crippen molar-refractivity contribution in [1.82, 2.24) is 9.78 Å². The van der Waals surface area contributed by atoms with Crippen molar-refractivity contribution < 1.29 is 4.79 Å². The fourth-order valence-electron chi connectivity index (χ4n) is 2.20. The molecule has 1 aromatic heterocycles. The summed E-state index contributed by atoms with van der Waals surface area (Å²) in [5.41, 5.74) is 2.63. The van der Waals surface area contributed by atoms with E-state index in [4.69, 9.17) is 0 Å². The number of aromatic nitrogens is 2. The predicted molar refractivity (Wildman–Crippen MR) is 91.2 cm³/mol. The molecule has 1 heterocycles. The van der Waals surface area contributed by atoms with Gasteiger partial charge in [0.25, 0.3) is 0 Å². The average Bonchev–Trinajstić information content (AvgIpc) is 2.76. The van der Waals surface area contributed by atoms with Gasteiger partial charge in [0.1, 0.15) is 0 Å². The highest BCUT2D eigenvalue weighted by atomic mass is 79.9. The van der Waals surface area contributed by atoms with Crippen molar-refractivity contribution >= 4 is 33.5 Å². The molecule has 3 nitrogen and oxygen atoms in total. The van der Waals surface area contributed by atoms with Gasteiger partial charge in [0.2, 0.25) is 0 Å². The number of rotatable bonds is 6. The van der Waals surface area contributed by atoms with Gasteiger partial charge in [0.05, 0.1) is 22.3 Å². The molecule has 2 aromatic rings. The lowest BCUT2D eigenvalue weighted by Gasteiger charge is -2.06. The SMILES string of the molecule is CCSc1ccc(C(=O)Cc2c(Br)c(C)nn2CC)cc1. The van der Waals surface area contributed by atoms with Crippen molar-refractivity contribution in [2.75, 3.05) is 5.75 Å². The van der Waals surface area contributed by atoms with Gasteiger partial charge in [-0.2, -0.15) is 5.10 Å². The molecule has 1 aromatic carbocycles. The first kappa shape index (κ1) is 16.3. The van der Waals surface area contributed by atoms with Crippen LogP contribution in [0, 0.1) is 6.92 Å². The molecule has 0 aliphatic rings. The van der Waals surface area contributed by atoms with E-state index >= 15 is 0 Å². The number of thioether (sulfide) groups is 1. The van der Waals surface area contributed by atoms with Gasteiger partial charge < -0.3 is 0 Å². The lowest BCUT2D eigenvalue weighted by atomic mass is 10.1. The summed E-state index contributed by atoms with van der Waals surface area (Å²) in [5.74, 6) is 1.16. The van der Waals surface area contributed by atoms with Gasteiger partial charge in [-0.1, -0.05) is 19.1 Å². The van der Waals surface area contributed by atoms with Crippen LogP contribution in [0.5, 0.6) is 0 Å². The van der Waals surface area contributed by atoms with Gasteiger partial charge in [-0.15, -0.1) is 11.8 Å². The molecule has 0 atom stereocenters. The van der Waals surface area contributed by atoms with Crippen LogP contribution in [-0.4, -0.2) is 21.3 Å². The largest absolute Gasteiger partial charge is 0.294 e. The van der Waals surface area contributed by atoms with Crippen LogP contribution in [0.25, 0.3) is 0 Å². The first-order valence-corrected chi connectivity index (χ1v) is 8.82. The van der Waals surface area contributed by atoms with Crippen molar-refractivity contribution in [1.29, 1.82) is 0 Å². The molecule has 0 bridgehead atoms. The Morgan fingerprint density at radius 1 is 1.29 bits per heavy atom. The number of carbonyl (C=O) groups is 1. The summed E-state index contributed by atoms with van der Waals surface area (Å²) in [7, 11) is 0. The quantitative estimate of drug-likeness (QED) is 0.557. The zero-order chi connectivity index (χ0) is 15.4. The second-order valence-corrected chi connectivity index (χ2v) is 6.85. The number of hydrogen-bond donors (Lipinski definition) is 0. The third kappa shape index (κ3) is 3.77. The van der Waals surface area contributed by atoms with Crippen molar-refractivity contribution in [3.8, 4) is 0 Å². The Morgan fingerprint density at radius 2 is 1.95 bits per heavy atom. The second kappa shape index (κ2) is 7.27. The summed E-state index contributed by atoms with van der Waals surface area (Å²) in [5, 5.41) is 4.43. The smallest absolute Gasteiger partial charge is 0.168 e. The highest BCUT2D eigenvalue weighted by molar-refractivity contribution is 9.10. The third-order valence-electron chi connectivity index (χ3n) is 3.27. The van der Waals surface area contributed by atoms with Crippen LogP contribution in [0.1, 0.15) is 35.6 Å². The van der Waals surface area contributed by atoms with Gasteiger partial charge >= 0.3 is 0 Å². The molecule has 5 heteroatoms. The topological polar surface area (TPSA) is 34.9 Å². The first-order chi connectivity index (χ1) is 10.1. The molecule has 0 aliphatic carbocycles. The van der Waals surface area contributed by atoms with E-state index in [1.54, 1.807) is 11.8 Å². The van der Waals surface area contributed by atoms with Crippen molar-refractivity contribution in [2.45, 2.75) is 38.6 Å². The maximum atomic E-state index is 12.4. The summed E-state index contributed by atoms with van der Waals surface area (Å²) in [4.78, 5) is 13.6. The molecule has 112 valence electrons. The summed E-state index contributed by atoms with van der Waals surface area (Å²) >= 11 is 5.31. The Balaban J connectivity index is 2.18. The summed E-state index contributed by atoms with van der Waals surface area (Å²) in [6, 6.07) is 7.85. The van der Waals surface area contributed by atoms with Crippen LogP contribution in [0.15, 0.2) is 33.6 Å². The average molecular weight is 367 g/mol. The van der Waals surface area contributed by atoms with Gasteiger partial charge in [0.15, 0.2) is 5.78 Å². The standard InChI is InChI=1S/C16H19BrN2OS/c1-4-19-14(16(17)11(3)18-19)10-15(20)12-6-8-13(9-7-12)21-5-2/h6-9H,4-5,10H2,1-3H3. The molecule has 0 saturated heterocycles. The van der Waals surface area contributed by atoms with Crippen molar-refractivity contribution in [3.63, 3.8) is 0 Å². The van der Waals surface area contributed by atoms with E-state index in [1.807, 2.05) is 42.8 Å². The van der Waals surface area contributed by atoms with Crippen LogP contribution in [0.3, 0.4) is 0 Å². The third-order valence-corrected chi connectivity index (χ3v) is 5.19. The van der Waals surface area contributed by atoms with Gasteiger partial charge in [-0.3, -0.25) is 9.48 Å². The predicted octanol–water partition coefficient (Wildman–Crippen LogP) is 4.51. The molecule has 0 aliphatic heterocycles. The van der Waals surface area contributed by atoms with Crippen LogP contribution in [0.4, 0.5) is 0 Å². The van der Waals surface area contributed by atoms with E-state index in [1.165, 1.54) is 4.90 Å². The van der Waals surface area contributed by atoms with Crippen LogP contribution < -0.4 is 0 Å². The minimum Gasteiger partial charge on any atom is -0.294 e. The number of ketones is 1. The number of benzene rings is 1. The van der Waals surface area contributed by atoms with E-state index < -0.39 is 0 Å². The number of halogens is 1. The van der Waals surface area contributed by atoms with E-state index in [2.05, 4.69) is 28.0 Å². The molecule has 0 radical (unpaired) electrons. The maximum absolute atomic E-state index is 12.4. The van der Waals surface area contributed by atoms with E-state index in [-0.39, 0.29) is 5.78 Å². The number of carbonyl (C=O) groups excluding carboxylic acids is 1.